The number of hydrogen-bond donors (Lipinski definition) is 3. The van der Waals surface area contributed by atoms with E-state index in [-0.39, 0.29) is 17.2 Å². The number of nitrogens with zero attached hydrogens (tertiary/aromatic N) is 3. The Labute approximate surface area is 165 Å². The molecule has 0 unspecified atom stereocenters. The average molecular weight is 390 g/mol. The van der Waals surface area contributed by atoms with Crippen molar-refractivity contribution in [1.29, 1.82) is 0 Å². The molecule has 3 heterocycles. The van der Waals surface area contributed by atoms with Gasteiger partial charge in [0.15, 0.2) is 5.65 Å². The summed E-state index contributed by atoms with van der Waals surface area (Å²) in [4.78, 5) is 32.0. The minimum absolute atomic E-state index is 0.169. The van der Waals surface area contributed by atoms with Crippen LogP contribution in [0, 0.1) is 6.92 Å². The Morgan fingerprint density at radius 2 is 1.90 bits per heavy atom. The van der Waals surface area contributed by atoms with Gasteiger partial charge in [-0.25, -0.2) is 4.98 Å². The maximum atomic E-state index is 12.0. The summed E-state index contributed by atoms with van der Waals surface area (Å²) in [5.74, 6) is 1.47. The van der Waals surface area contributed by atoms with E-state index in [9.17, 15) is 9.59 Å². The number of rotatable bonds is 5. The molecule has 1 amide bonds. The van der Waals surface area contributed by atoms with Gasteiger partial charge in [0, 0.05) is 42.8 Å². The summed E-state index contributed by atoms with van der Waals surface area (Å²) < 4.78 is 7.16. The van der Waals surface area contributed by atoms with Crippen molar-refractivity contribution in [2.45, 2.75) is 6.92 Å². The molecule has 0 saturated heterocycles. The van der Waals surface area contributed by atoms with Crippen LogP contribution in [0.25, 0.3) is 5.65 Å². The highest BCUT2D eigenvalue weighted by molar-refractivity contribution is 5.92. The highest BCUT2D eigenvalue weighted by Crippen LogP contribution is 2.24. The summed E-state index contributed by atoms with van der Waals surface area (Å²) in [6.07, 6.45) is 1.52. The highest BCUT2D eigenvalue weighted by atomic mass is 16.5. The molecule has 3 N–H and O–H groups in total. The Bertz CT molecular complexity index is 1240. The lowest BCUT2D eigenvalue weighted by molar-refractivity contribution is 0.0958. The smallest absolute Gasteiger partial charge is 0.272 e. The zero-order chi connectivity index (χ0) is 20.4. The van der Waals surface area contributed by atoms with E-state index in [2.05, 4.69) is 25.7 Å². The summed E-state index contributed by atoms with van der Waals surface area (Å²) in [6, 6.07) is 13.7. The summed E-state index contributed by atoms with van der Waals surface area (Å²) in [5.41, 5.74) is 2.12. The molecule has 0 saturated carbocycles. The van der Waals surface area contributed by atoms with Crippen LogP contribution in [-0.4, -0.2) is 32.5 Å². The van der Waals surface area contributed by atoms with Gasteiger partial charge in [0.1, 0.15) is 23.0 Å². The van der Waals surface area contributed by atoms with Crippen molar-refractivity contribution in [3.05, 3.63) is 76.5 Å². The number of H-pyrrole nitrogens is 1. The molecule has 29 heavy (non-hydrogen) atoms. The zero-order valence-electron chi connectivity index (χ0n) is 15.8. The molecule has 4 rings (SSSR count). The molecule has 0 fully saturated rings. The number of hydrogen-bond acceptors (Lipinski definition) is 6. The molecular formula is C20H18N6O3. The Balaban J connectivity index is 1.49. The lowest BCUT2D eigenvalue weighted by Crippen LogP contribution is -2.18. The monoisotopic (exact) mass is 390 g/mol. The molecule has 4 aromatic rings. The minimum Gasteiger partial charge on any atom is -0.457 e. The van der Waals surface area contributed by atoms with Crippen LogP contribution in [0.1, 0.15) is 16.2 Å². The first-order valence-electron chi connectivity index (χ1n) is 8.84. The molecule has 0 aliphatic heterocycles. The quantitative estimate of drug-likeness (QED) is 0.483. The van der Waals surface area contributed by atoms with Gasteiger partial charge in [-0.15, -0.1) is 0 Å². The number of ether oxygens (including phenoxy) is 1. The topological polar surface area (TPSA) is 113 Å². The van der Waals surface area contributed by atoms with Crippen LogP contribution in [0.2, 0.25) is 0 Å². The maximum Gasteiger partial charge on any atom is 0.272 e. The number of benzene rings is 1. The van der Waals surface area contributed by atoms with E-state index in [0.717, 1.165) is 5.69 Å². The first kappa shape index (κ1) is 18.2. The lowest BCUT2D eigenvalue weighted by Gasteiger charge is -2.08. The van der Waals surface area contributed by atoms with Gasteiger partial charge in [-0.1, -0.05) is 0 Å². The van der Waals surface area contributed by atoms with Crippen LogP contribution in [0.3, 0.4) is 0 Å². The normalized spacial score (nSPS) is 10.7. The van der Waals surface area contributed by atoms with Gasteiger partial charge in [0.2, 0.25) is 0 Å². The Morgan fingerprint density at radius 3 is 2.66 bits per heavy atom. The van der Waals surface area contributed by atoms with Gasteiger partial charge < -0.3 is 15.4 Å². The van der Waals surface area contributed by atoms with E-state index >= 15 is 0 Å². The van der Waals surface area contributed by atoms with Crippen LogP contribution in [-0.2, 0) is 0 Å². The number of carbonyl (C=O) groups excluding carboxylic acids is 1. The molecule has 0 aliphatic carbocycles. The molecule has 0 aliphatic rings. The Hall–Kier alpha value is -4.14. The standard InChI is InChI=1S/C20H18N6O3/c1-12-9-19(27)26-18(23-12)11-17(25-26)24-13-3-5-14(6-4-13)29-15-7-8-22-16(10-15)20(28)21-2/h3-11,24-25H,1-2H3,(H,21,28). The molecule has 3 aromatic heterocycles. The second-order valence-corrected chi connectivity index (χ2v) is 6.31. The lowest BCUT2D eigenvalue weighted by atomic mass is 10.3. The molecule has 9 heteroatoms. The number of pyridine rings is 1. The molecule has 0 atom stereocenters. The molecule has 1 aromatic carbocycles. The van der Waals surface area contributed by atoms with E-state index in [0.29, 0.717) is 28.7 Å². The van der Waals surface area contributed by atoms with Gasteiger partial charge >= 0.3 is 0 Å². The summed E-state index contributed by atoms with van der Waals surface area (Å²) in [5, 5.41) is 8.68. The van der Waals surface area contributed by atoms with E-state index in [1.54, 1.807) is 44.3 Å². The number of amides is 1. The number of nitrogens with one attached hydrogen (secondary N) is 3. The van der Waals surface area contributed by atoms with Crippen LogP contribution < -0.4 is 20.9 Å². The summed E-state index contributed by atoms with van der Waals surface area (Å²) in [6.45, 7) is 1.78. The number of carbonyl (C=O) groups is 1. The molecule has 9 nitrogen and oxygen atoms in total. The third-order valence-corrected chi connectivity index (χ3v) is 4.14. The van der Waals surface area contributed by atoms with Gasteiger partial charge in [-0.2, -0.15) is 4.52 Å². The highest BCUT2D eigenvalue weighted by Gasteiger charge is 2.08. The molecule has 0 bridgehead atoms. The largest absolute Gasteiger partial charge is 0.457 e. The fourth-order valence-electron chi connectivity index (χ4n) is 2.80. The molecular weight excluding hydrogens is 372 g/mol. The van der Waals surface area contributed by atoms with Gasteiger partial charge in [-0.3, -0.25) is 19.7 Å². The SMILES string of the molecule is CNC(=O)c1cc(Oc2ccc(Nc3cc4nc(C)cc(=O)n4[nH]3)cc2)ccn1. The minimum atomic E-state index is -0.280. The first-order valence-corrected chi connectivity index (χ1v) is 8.84. The van der Waals surface area contributed by atoms with Crippen molar-refractivity contribution in [3.63, 3.8) is 0 Å². The third-order valence-electron chi connectivity index (χ3n) is 4.14. The summed E-state index contributed by atoms with van der Waals surface area (Å²) in [7, 11) is 1.55. The molecule has 0 radical (unpaired) electrons. The average Bonchev–Trinajstić information content (AvgIpc) is 3.11. The maximum absolute atomic E-state index is 12.0. The second-order valence-electron chi connectivity index (χ2n) is 6.31. The number of aromatic nitrogens is 4. The van der Waals surface area contributed by atoms with Crippen molar-refractivity contribution in [2.75, 3.05) is 12.4 Å². The van der Waals surface area contributed by atoms with E-state index in [4.69, 9.17) is 4.74 Å². The number of aryl methyl sites for hydroxylation is 1. The first-order chi connectivity index (χ1) is 14.0. The third kappa shape index (κ3) is 3.93. The van der Waals surface area contributed by atoms with E-state index in [1.165, 1.54) is 16.8 Å². The fourth-order valence-corrected chi connectivity index (χ4v) is 2.80. The fraction of sp³-hybridized carbons (Fsp3) is 0.100. The van der Waals surface area contributed by atoms with Crippen LogP contribution in [0.15, 0.2) is 59.5 Å². The van der Waals surface area contributed by atoms with Crippen molar-refractivity contribution < 1.29 is 9.53 Å². The van der Waals surface area contributed by atoms with Gasteiger partial charge in [0.05, 0.1) is 0 Å². The van der Waals surface area contributed by atoms with Crippen LogP contribution in [0.4, 0.5) is 11.5 Å². The van der Waals surface area contributed by atoms with Crippen LogP contribution in [0.5, 0.6) is 11.5 Å². The second kappa shape index (κ2) is 7.47. The summed E-state index contributed by atoms with van der Waals surface area (Å²) >= 11 is 0. The van der Waals surface area contributed by atoms with Crippen molar-refractivity contribution in [3.8, 4) is 11.5 Å². The molecule has 146 valence electrons. The van der Waals surface area contributed by atoms with Crippen molar-refractivity contribution in [1.82, 2.24) is 24.9 Å². The number of anilines is 2. The predicted molar refractivity (Wildman–Crippen MR) is 108 cm³/mol. The molecule has 0 spiro atoms. The number of aromatic amines is 1. The Morgan fingerprint density at radius 1 is 1.10 bits per heavy atom. The van der Waals surface area contributed by atoms with E-state index < -0.39 is 0 Å². The predicted octanol–water partition coefficient (Wildman–Crippen LogP) is 2.62. The Kier molecular flexibility index (Phi) is 4.70. The zero-order valence-corrected chi connectivity index (χ0v) is 15.8. The number of fused-ring (bicyclic) bond motifs is 1. The van der Waals surface area contributed by atoms with Gasteiger partial charge in [0.25, 0.3) is 11.5 Å². The van der Waals surface area contributed by atoms with Gasteiger partial charge in [-0.05, 0) is 37.3 Å². The van der Waals surface area contributed by atoms with E-state index in [1.807, 2.05) is 12.1 Å². The van der Waals surface area contributed by atoms with Crippen molar-refractivity contribution in [2.24, 2.45) is 0 Å². The van der Waals surface area contributed by atoms with Crippen molar-refractivity contribution >= 4 is 23.1 Å². The van der Waals surface area contributed by atoms with Crippen LogP contribution >= 0.6 is 0 Å².